The second-order valence-corrected chi connectivity index (χ2v) is 5.88. The molecule has 1 aliphatic rings. The maximum Gasteiger partial charge on any atom is 0.119 e. The summed E-state index contributed by atoms with van der Waals surface area (Å²) in [6.07, 6.45) is 2.27. The Hall–Kier alpha value is -1.53. The molecule has 3 heteroatoms. The molecule has 0 saturated carbocycles. The summed E-state index contributed by atoms with van der Waals surface area (Å²) in [5.74, 6) is 0.846. The Morgan fingerprint density at radius 1 is 1.42 bits per heavy atom. The zero-order chi connectivity index (χ0) is 13.9. The number of rotatable bonds is 3. The topological polar surface area (TPSA) is 42.2 Å². The zero-order valence-corrected chi connectivity index (χ0v) is 11.9. The predicted octanol–water partition coefficient (Wildman–Crippen LogP) is 3.44. The number of methoxy groups -OCH3 is 1. The van der Waals surface area contributed by atoms with Crippen molar-refractivity contribution in [2.24, 2.45) is 0 Å². The molecule has 0 aromatic heterocycles. The van der Waals surface area contributed by atoms with Crippen molar-refractivity contribution in [1.29, 1.82) is 5.26 Å². The fourth-order valence-corrected chi connectivity index (χ4v) is 3.08. The van der Waals surface area contributed by atoms with Gasteiger partial charge in [0.25, 0.3) is 0 Å². The first-order valence-electron chi connectivity index (χ1n) is 6.67. The largest absolute Gasteiger partial charge is 0.497 e. The van der Waals surface area contributed by atoms with Gasteiger partial charge in [-0.15, -0.1) is 0 Å². The molecule has 1 aromatic rings. The lowest BCUT2D eigenvalue weighted by Gasteiger charge is -2.44. The van der Waals surface area contributed by atoms with Crippen LogP contribution in [0.25, 0.3) is 0 Å². The van der Waals surface area contributed by atoms with Gasteiger partial charge in [-0.1, -0.05) is 12.1 Å². The van der Waals surface area contributed by atoms with E-state index in [9.17, 15) is 5.26 Å². The van der Waals surface area contributed by atoms with Gasteiger partial charge in [-0.3, -0.25) is 0 Å². The highest BCUT2D eigenvalue weighted by Gasteiger charge is 2.42. The van der Waals surface area contributed by atoms with Crippen molar-refractivity contribution in [3.05, 3.63) is 29.8 Å². The lowest BCUT2D eigenvalue weighted by molar-refractivity contribution is -0.0816. The van der Waals surface area contributed by atoms with Crippen molar-refractivity contribution >= 4 is 0 Å². The van der Waals surface area contributed by atoms with E-state index in [0.717, 1.165) is 18.6 Å². The van der Waals surface area contributed by atoms with Gasteiger partial charge < -0.3 is 9.47 Å². The number of nitrogens with zero attached hydrogens (tertiary/aromatic N) is 1. The fourth-order valence-electron chi connectivity index (χ4n) is 3.08. The zero-order valence-electron chi connectivity index (χ0n) is 11.9. The summed E-state index contributed by atoms with van der Waals surface area (Å²) < 4.78 is 11.1. The van der Waals surface area contributed by atoms with E-state index >= 15 is 0 Å². The molecule has 1 fully saturated rings. The molecule has 0 amide bonds. The molecule has 1 aromatic carbocycles. The van der Waals surface area contributed by atoms with E-state index in [4.69, 9.17) is 9.47 Å². The molecule has 0 unspecified atom stereocenters. The van der Waals surface area contributed by atoms with Gasteiger partial charge in [0.2, 0.25) is 0 Å². The summed E-state index contributed by atoms with van der Waals surface area (Å²) >= 11 is 0. The highest BCUT2D eigenvalue weighted by molar-refractivity contribution is 5.35. The van der Waals surface area contributed by atoms with Gasteiger partial charge in [-0.05, 0) is 44.4 Å². The summed E-state index contributed by atoms with van der Waals surface area (Å²) in [5, 5.41) is 9.22. The van der Waals surface area contributed by atoms with Gasteiger partial charge in [0.05, 0.1) is 18.8 Å². The predicted molar refractivity (Wildman–Crippen MR) is 74.2 cm³/mol. The summed E-state index contributed by atoms with van der Waals surface area (Å²) in [7, 11) is 1.67. The van der Waals surface area contributed by atoms with Crippen LogP contribution in [0.5, 0.6) is 5.75 Å². The lowest BCUT2D eigenvalue weighted by atomic mass is 9.67. The molecule has 1 heterocycles. The summed E-state index contributed by atoms with van der Waals surface area (Å²) in [6.45, 7) is 4.89. The Bertz CT molecular complexity index is 490. The van der Waals surface area contributed by atoms with Gasteiger partial charge in [0, 0.05) is 18.4 Å². The van der Waals surface area contributed by atoms with E-state index in [1.807, 2.05) is 12.1 Å². The van der Waals surface area contributed by atoms with E-state index in [1.54, 1.807) is 7.11 Å². The van der Waals surface area contributed by atoms with Crippen LogP contribution >= 0.6 is 0 Å². The smallest absolute Gasteiger partial charge is 0.119 e. The molecule has 0 N–H and O–H groups in total. The van der Waals surface area contributed by atoms with Crippen LogP contribution in [0.15, 0.2) is 24.3 Å². The minimum absolute atomic E-state index is 0.120. The second kappa shape index (κ2) is 5.22. The van der Waals surface area contributed by atoms with Crippen LogP contribution in [0.1, 0.15) is 38.7 Å². The second-order valence-electron chi connectivity index (χ2n) is 5.88. The first-order chi connectivity index (χ1) is 9.01. The molecule has 102 valence electrons. The van der Waals surface area contributed by atoms with E-state index in [0.29, 0.717) is 13.0 Å². The minimum atomic E-state index is -0.182. The van der Waals surface area contributed by atoms with Crippen LogP contribution in [0.4, 0.5) is 0 Å². The number of ether oxygens (including phenoxy) is 2. The standard InChI is InChI=1S/C16H21NO2/c1-15(2)12-16(7-9-17,8-10-19-15)13-5-4-6-14(11-13)18-3/h4-6,11H,7-8,10,12H2,1-3H3/t16-/m0/s1. The van der Waals surface area contributed by atoms with Crippen LogP contribution < -0.4 is 4.74 Å². The molecule has 2 rings (SSSR count). The van der Waals surface area contributed by atoms with Crippen LogP contribution in [0.3, 0.4) is 0 Å². The van der Waals surface area contributed by atoms with Crippen LogP contribution in [0, 0.1) is 11.3 Å². The first-order valence-corrected chi connectivity index (χ1v) is 6.67. The van der Waals surface area contributed by atoms with Gasteiger partial charge in [0.1, 0.15) is 5.75 Å². The van der Waals surface area contributed by atoms with E-state index < -0.39 is 0 Å². The van der Waals surface area contributed by atoms with Gasteiger partial charge in [-0.2, -0.15) is 5.26 Å². The summed E-state index contributed by atoms with van der Waals surface area (Å²) in [5.41, 5.74) is 0.883. The number of hydrogen-bond acceptors (Lipinski definition) is 3. The Labute approximate surface area is 115 Å². The van der Waals surface area contributed by atoms with Crippen molar-refractivity contribution in [2.75, 3.05) is 13.7 Å². The molecule has 0 bridgehead atoms. The van der Waals surface area contributed by atoms with Crippen molar-refractivity contribution in [3.63, 3.8) is 0 Å². The van der Waals surface area contributed by atoms with Crippen LogP contribution in [-0.2, 0) is 10.2 Å². The Morgan fingerprint density at radius 3 is 2.84 bits per heavy atom. The number of nitriles is 1. The van der Waals surface area contributed by atoms with Crippen molar-refractivity contribution in [1.82, 2.24) is 0 Å². The van der Waals surface area contributed by atoms with Crippen molar-refractivity contribution < 1.29 is 9.47 Å². The lowest BCUT2D eigenvalue weighted by Crippen LogP contribution is -2.43. The molecular weight excluding hydrogens is 238 g/mol. The molecule has 3 nitrogen and oxygen atoms in total. The van der Waals surface area contributed by atoms with Gasteiger partial charge in [-0.25, -0.2) is 0 Å². The monoisotopic (exact) mass is 259 g/mol. The molecular formula is C16H21NO2. The van der Waals surface area contributed by atoms with Gasteiger partial charge >= 0.3 is 0 Å². The molecule has 0 aliphatic carbocycles. The Morgan fingerprint density at radius 2 is 2.21 bits per heavy atom. The molecule has 1 atom stereocenters. The van der Waals surface area contributed by atoms with Gasteiger partial charge in [0.15, 0.2) is 0 Å². The first kappa shape index (κ1) is 13.9. The molecule has 0 radical (unpaired) electrons. The third-order valence-corrected chi connectivity index (χ3v) is 3.94. The number of hydrogen-bond donors (Lipinski definition) is 0. The minimum Gasteiger partial charge on any atom is -0.497 e. The van der Waals surface area contributed by atoms with E-state index in [-0.39, 0.29) is 11.0 Å². The Balaban J connectivity index is 2.41. The van der Waals surface area contributed by atoms with Crippen LogP contribution in [-0.4, -0.2) is 19.3 Å². The quantitative estimate of drug-likeness (QED) is 0.835. The molecule has 19 heavy (non-hydrogen) atoms. The fraction of sp³-hybridized carbons (Fsp3) is 0.562. The normalized spacial score (nSPS) is 25.6. The average Bonchev–Trinajstić information content (AvgIpc) is 2.38. The molecule has 1 saturated heterocycles. The highest BCUT2D eigenvalue weighted by atomic mass is 16.5. The third-order valence-electron chi connectivity index (χ3n) is 3.94. The SMILES string of the molecule is COc1cccc([C@@]2(CC#N)CCOC(C)(C)C2)c1. The maximum atomic E-state index is 9.22. The van der Waals surface area contributed by atoms with Crippen LogP contribution in [0.2, 0.25) is 0 Å². The summed E-state index contributed by atoms with van der Waals surface area (Å²) in [6, 6.07) is 10.4. The molecule has 1 aliphatic heterocycles. The molecule has 0 spiro atoms. The maximum absolute atomic E-state index is 9.22. The highest BCUT2D eigenvalue weighted by Crippen LogP contribution is 2.44. The Kier molecular flexibility index (Phi) is 3.82. The summed E-state index contributed by atoms with van der Waals surface area (Å²) in [4.78, 5) is 0. The van der Waals surface area contributed by atoms with Crippen molar-refractivity contribution in [2.45, 2.75) is 44.1 Å². The van der Waals surface area contributed by atoms with E-state index in [1.165, 1.54) is 5.56 Å². The third kappa shape index (κ3) is 2.90. The average molecular weight is 259 g/mol. The number of benzene rings is 1. The van der Waals surface area contributed by atoms with Crippen molar-refractivity contribution in [3.8, 4) is 11.8 Å². The van der Waals surface area contributed by atoms with E-state index in [2.05, 4.69) is 32.0 Å².